The molecule has 0 amide bonds. The van der Waals surface area contributed by atoms with Gasteiger partial charge in [-0.3, -0.25) is 10.4 Å². The van der Waals surface area contributed by atoms with Crippen molar-refractivity contribution in [2.24, 2.45) is 0 Å². The van der Waals surface area contributed by atoms with Crippen LogP contribution in [0, 0.1) is 0 Å². The third kappa shape index (κ3) is 2.87. The van der Waals surface area contributed by atoms with Crippen LogP contribution in [0.5, 0.6) is 0 Å². The number of anilines is 1. The number of rotatable bonds is 4. The maximum absolute atomic E-state index is 4.81. The molecule has 1 saturated heterocycles. The Morgan fingerprint density at radius 2 is 1.97 bits per heavy atom. The quantitative estimate of drug-likeness (QED) is 0.504. The lowest BCUT2D eigenvalue weighted by Gasteiger charge is -2.29. The standard InChI is InChI=1S/C24H23N5S/c1-16-19-15-29(24-26-22-8-4-5-9-23(22)30-24)27-21(19)11-13-28(16)12-10-17-14-25-20-7-3-2-6-18(17)20/h2-9,11,14,25,27H,10,12-13,15H2,1H3. The van der Waals surface area contributed by atoms with E-state index in [1.54, 1.807) is 11.3 Å². The summed E-state index contributed by atoms with van der Waals surface area (Å²) >= 11 is 1.74. The molecule has 0 radical (unpaired) electrons. The number of thiazole rings is 1. The molecule has 0 bridgehead atoms. The predicted octanol–water partition coefficient (Wildman–Crippen LogP) is 4.82. The van der Waals surface area contributed by atoms with Crippen molar-refractivity contribution in [2.75, 3.05) is 24.6 Å². The minimum atomic E-state index is 0.848. The maximum atomic E-state index is 4.81. The number of nitrogens with zero attached hydrogens (tertiary/aromatic N) is 3. The minimum absolute atomic E-state index is 0.848. The van der Waals surface area contributed by atoms with Gasteiger partial charge in [-0.2, -0.15) is 0 Å². The fraction of sp³-hybridized carbons (Fsp3) is 0.208. The fourth-order valence-corrected chi connectivity index (χ4v) is 5.37. The molecule has 4 aromatic rings. The molecule has 0 spiro atoms. The van der Waals surface area contributed by atoms with Crippen molar-refractivity contribution in [3.05, 3.63) is 83.3 Å². The van der Waals surface area contributed by atoms with Gasteiger partial charge in [-0.15, -0.1) is 0 Å². The number of hydrazine groups is 1. The van der Waals surface area contributed by atoms with Gasteiger partial charge in [-0.25, -0.2) is 4.98 Å². The molecule has 2 aromatic heterocycles. The fourth-order valence-electron chi connectivity index (χ4n) is 4.45. The van der Waals surface area contributed by atoms with Crippen molar-refractivity contribution in [3.8, 4) is 0 Å². The van der Waals surface area contributed by atoms with Crippen molar-refractivity contribution in [3.63, 3.8) is 0 Å². The van der Waals surface area contributed by atoms with E-state index in [2.05, 4.69) is 82.0 Å². The molecule has 150 valence electrons. The van der Waals surface area contributed by atoms with Crippen molar-refractivity contribution in [2.45, 2.75) is 13.3 Å². The highest BCUT2D eigenvalue weighted by atomic mass is 32.1. The number of fused-ring (bicyclic) bond motifs is 3. The number of hydrogen-bond acceptors (Lipinski definition) is 5. The Balaban J connectivity index is 1.21. The summed E-state index contributed by atoms with van der Waals surface area (Å²) in [5.74, 6) is 0. The van der Waals surface area contributed by atoms with Crippen molar-refractivity contribution in [1.29, 1.82) is 0 Å². The highest BCUT2D eigenvalue weighted by Gasteiger charge is 2.29. The smallest absolute Gasteiger partial charge is 0.205 e. The van der Waals surface area contributed by atoms with Crippen LogP contribution in [0.4, 0.5) is 5.13 Å². The summed E-state index contributed by atoms with van der Waals surface area (Å²) in [4.78, 5) is 10.7. The summed E-state index contributed by atoms with van der Waals surface area (Å²) in [6.45, 7) is 5.05. The Kier molecular flexibility index (Phi) is 4.06. The third-order valence-corrected chi connectivity index (χ3v) is 7.22. The molecule has 5 nitrogen and oxygen atoms in total. The zero-order valence-corrected chi connectivity index (χ0v) is 17.7. The average Bonchev–Trinajstić information content (AvgIpc) is 3.49. The van der Waals surface area contributed by atoms with Gasteiger partial charge in [0.2, 0.25) is 5.13 Å². The number of allylic oxidation sites excluding steroid dienone is 1. The molecular formula is C24H23N5S. The molecule has 0 atom stereocenters. The molecule has 2 aliphatic rings. The van der Waals surface area contributed by atoms with Crippen LogP contribution < -0.4 is 10.4 Å². The number of benzene rings is 2. The molecule has 2 aliphatic heterocycles. The molecule has 0 aliphatic carbocycles. The highest BCUT2D eigenvalue weighted by Crippen LogP contribution is 2.34. The van der Waals surface area contributed by atoms with Gasteiger partial charge >= 0.3 is 0 Å². The van der Waals surface area contributed by atoms with Gasteiger partial charge in [0.1, 0.15) is 0 Å². The molecular weight excluding hydrogens is 390 g/mol. The number of para-hydroxylation sites is 2. The van der Waals surface area contributed by atoms with Crippen LogP contribution in [-0.4, -0.2) is 34.5 Å². The summed E-state index contributed by atoms with van der Waals surface area (Å²) < 4.78 is 1.23. The van der Waals surface area contributed by atoms with E-state index in [1.165, 1.54) is 38.1 Å². The second-order valence-corrected chi connectivity index (χ2v) is 8.91. The topological polar surface area (TPSA) is 47.2 Å². The largest absolute Gasteiger partial charge is 0.371 e. The lowest BCUT2D eigenvalue weighted by Crippen LogP contribution is -2.30. The summed E-state index contributed by atoms with van der Waals surface area (Å²) in [5.41, 5.74) is 11.2. The first-order valence-corrected chi connectivity index (χ1v) is 11.2. The Morgan fingerprint density at radius 1 is 1.10 bits per heavy atom. The van der Waals surface area contributed by atoms with Crippen LogP contribution in [-0.2, 0) is 6.42 Å². The van der Waals surface area contributed by atoms with E-state index in [-0.39, 0.29) is 0 Å². The van der Waals surface area contributed by atoms with Crippen LogP contribution in [0.15, 0.2) is 77.8 Å². The SMILES string of the molecule is CC1=C2CN(c3nc4ccccc4s3)NC2=CCN1CCc1c[nH]c2ccccc12. The van der Waals surface area contributed by atoms with Gasteiger partial charge in [0, 0.05) is 41.5 Å². The van der Waals surface area contributed by atoms with Gasteiger partial charge in [0.25, 0.3) is 0 Å². The van der Waals surface area contributed by atoms with E-state index in [4.69, 9.17) is 4.98 Å². The van der Waals surface area contributed by atoms with E-state index in [0.29, 0.717) is 0 Å². The molecule has 6 rings (SSSR count). The Morgan fingerprint density at radius 3 is 2.90 bits per heavy atom. The molecule has 0 unspecified atom stereocenters. The summed E-state index contributed by atoms with van der Waals surface area (Å²) in [6, 6.07) is 16.9. The molecule has 30 heavy (non-hydrogen) atoms. The molecule has 4 heterocycles. The predicted molar refractivity (Wildman–Crippen MR) is 124 cm³/mol. The van der Waals surface area contributed by atoms with Crippen molar-refractivity contribution in [1.82, 2.24) is 20.3 Å². The van der Waals surface area contributed by atoms with Crippen LogP contribution in [0.3, 0.4) is 0 Å². The first-order valence-electron chi connectivity index (χ1n) is 10.4. The molecule has 2 N–H and O–H groups in total. The van der Waals surface area contributed by atoms with E-state index in [0.717, 1.165) is 36.7 Å². The monoisotopic (exact) mass is 413 g/mol. The van der Waals surface area contributed by atoms with E-state index >= 15 is 0 Å². The van der Waals surface area contributed by atoms with Gasteiger partial charge < -0.3 is 9.88 Å². The van der Waals surface area contributed by atoms with E-state index in [1.807, 2.05) is 6.07 Å². The van der Waals surface area contributed by atoms with Crippen molar-refractivity contribution >= 4 is 37.6 Å². The first kappa shape index (κ1) is 17.6. The molecule has 2 aromatic carbocycles. The Bertz CT molecular complexity index is 1280. The Hall–Kier alpha value is -3.25. The van der Waals surface area contributed by atoms with Gasteiger partial charge in [-0.1, -0.05) is 41.7 Å². The second kappa shape index (κ2) is 6.92. The number of aromatic amines is 1. The zero-order valence-electron chi connectivity index (χ0n) is 16.9. The third-order valence-electron chi connectivity index (χ3n) is 6.16. The average molecular weight is 414 g/mol. The number of nitrogens with one attached hydrogen (secondary N) is 2. The lowest BCUT2D eigenvalue weighted by molar-refractivity contribution is 0.375. The van der Waals surface area contributed by atoms with Crippen LogP contribution in [0.1, 0.15) is 12.5 Å². The van der Waals surface area contributed by atoms with E-state index < -0.39 is 0 Å². The zero-order chi connectivity index (χ0) is 20.1. The molecule has 1 fully saturated rings. The second-order valence-electron chi connectivity index (χ2n) is 7.90. The Labute approximate surface area is 179 Å². The van der Waals surface area contributed by atoms with Crippen LogP contribution in [0.25, 0.3) is 21.1 Å². The molecule has 0 saturated carbocycles. The summed E-state index contributed by atoms with van der Waals surface area (Å²) in [5, 5.41) is 4.54. The van der Waals surface area contributed by atoms with E-state index in [9.17, 15) is 0 Å². The van der Waals surface area contributed by atoms with Crippen molar-refractivity contribution < 1.29 is 0 Å². The van der Waals surface area contributed by atoms with Crippen LogP contribution >= 0.6 is 11.3 Å². The van der Waals surface area contributed by atoms with Crippen LogP contribution in [0.2, 0.25) is 0 Å². The summed E-state index contributed by atoms with van der Waals surface area (Å²) in [7, 11) is 0. The number of hydrogen-bond donors (Lipinski definition) is 2. The van der Waals surface area contributed by atoms with Gasteiger partial charge in [-0.05, 0) is 43.2 Å². The van der Waals surface area contributed by atoms with Gasteiger partial charge in [0.05, 0.1) is 22.5 Å². The van der Waals surface area contributed by atoms with Gasteiger partial charge in [0.15, 0.2) is 0 Å². The molecule has 6 heteroatoms. The minimum Gasteiger partial charge on any atom is -0.371 e. The highest BCUT2D eigenvalue weighted by molar-refractivity contribution is 7.22. The normalized spacial score (nSPS) is 16.4. The first-order chi connectivity index (χ1) is 14.8. The summed E-state index contributed by atoms with van der Waals surface area (Å²) in [6.07, 6.45) is 5.50. The lowest BCUT2D eigenvalue weighted by atomic mass is 10.1. The number of aromatic nitrogens is 2. The maximum Gasteiger partial charge on any atom is 0.205 e. The number of H-pyrrole nitrogens is 1.